The highest BCUT2D eigenvalue weighted by Crippen LogP contribution is 2.21. The van der Waals surface area contributed by atoms with Crippen molar-refractivity contribution in [2.24, 2.45) is 5.92 Å². The molecule has 1 N–H and O–H groups in total. The van der Waals surface area contributed by atoms with Crippen LogP contribution in [0.15, 0.2) is 26.8 Å². The van der Waals surface area contributed by atoms with Gasteiger partial charge in [-0.2, -0.15) is 0 Å². The van der Waals surface area contributed by atoms with E-state index in [4.69, 9.17) is 4.74 Å². The number of amides is 1. The van der Waals surface area contributed by atoms with Crippen molar-refractivity contribution in [1.29, 1.82) is 0 Å². The van der Waals surface area contributed by atoms with Crippen molar-refractivity contribution in [3.8, 4) is 10.7 Å². The molecule has 0 saturated heterocycles. The Balaban J connectivity index is 2.13. The SMILES string of the molecule is COC(=O)C(CC(C)C)NC(=O)Cn1c(-c2cccs2)noc1=O. The summed E-state index contributed by atoms with van der Waals surface area (Å²) in [7, 11) is 1.27. The van der Waals surface area contributed by atoms with Gasteiger partial charge >= 0.3 is 11.7 Å². The number of nitrogens with zero attached hydrogens (tertiary/aromatic N) is 2. The number of rotatable bonds is 7. The molecule has 0 saturated carbocycles. The molecule has 0 aliphatic carbocycles. The number of hydrogen-bond donors (Lipinski definition) is 1. The maximum absolute atomic E-state index is 12.3. The molecule has 0 spiro atoms. The summed E-state index contributed by atoms with van der Waals surface area (Å²) >= 11 is 1.37. The fraction of sp³-hybridized carbons (Fsp3) is 0.467. The van der Waals surface area contributed by atoms with Gasteiger partial charge in [-0.05, 0) is 23.8 Å². The van der Waals surface area contributed by atoms with E-state index in [1.54, 1.807) is 12.1 Å². The first kappa shape index (κ1) is 17.9. The topological polar surface area (TPSA) is 103 Å². The summed E-state index contributed by atoms with van der Waals surface area (Å²) in [6.07, 6.45) is 0.439. The summed E-state index contributed by atoms with van der Waals surface area (Å²) in [5, 5.41) is 8.13. The zero-order valence-electron chi connectivity index (χ0n) is 13.6. The zero-order valence-corrected chi connectivity index (χ0v) is 14.5. The van der Waals surface area contributed by atoms with E-state index >= 15 is 0 Å². The van der Waals surface area contributed by atoms with E-state index in [2.05, 4.69) is 15.0 Å². The highest BCUT2D eigenvalue weighted by Gasteiger charge is 2.24. The van der Waals surface area contributed by atoms with E-state index in [1.165, 1.54) is 18.4 Å². The Morgan fingerprint density at radius 2 is 2.21 bits per heavy atom. The molecule has 2 heterocycles. The maximum atomic E-state index is 12.3. The van der Waals surface area contributed by atoms with Crippen LogP contribution in [0.5, 0.6) is 0 Å². The van der Waals surface area contributed by atoms with Gasteiger partial charge in [0.25, 0.3) is 0 Å². The fourth-order valence-corrected chi connectivity index (χ4v) is 2.92. The molecule has 2 rings (SSSR count). The van der Waals surface area contributed by atoms with Crippen LogP contribution >= 0.6 is 11.3 Å². The van der Waals surface area contributed by atoms with Crippen LogP contribution in [0.25, 0.3) is 10.7 Å². The largest absolute Gasteiger partial charge is 0.467 e. The van der Waals surface area contributed by atoms with Crippen LogP contribution in [0.2, 0.25) is 0 Å². The summed E-state index contributed by atoms with van der Waals surface area (Å²) in [5.41, 5.74) is 0. The third kappa shape index (κ3) is 4.31. The van der Waals surface area contributed by atoms with E-state index in [0.717, 1.165) is 4.57 Å². The average Bonchev–Trinajstić information content (AvgIpc) is 3.16. The van der Waals surface area contributed by atoms with Crippen molar-refractivity contribution in [2.45, 2.75) is 32.9 Å². The van der Waals surface area contributed by atoms with Gasteiger partial charge in [-0.3, -0.25) is 9.32 Å². The lowest BCUT2D eigenvalue weighted by molar-refractivity contribution is -0.145. The minimum atomic E-state index is -0.761. The molecule has 0 bridgehead atoms. The summed E-state index contributed by atoms with van der Waals surface area (Å²) in [4.78, 5) is 36.5. The predicted octanol–water partition coefficient (Wildman–Crippen LogP) is 1.27. The molecule has 1 amide bonds. The third-order valence-electron chi connectivity index (χ3n) is 3.26. The standard InChI is InChI=1S/C15H19N3O5S/c1-9(2)7-10(14(20)22-3)16-12(19)8-18-13(17-23-15(18)21)11-5-4-6-24-11/h4-6,9-10H,7-8H2,1-3H3,(H,16,19). The van der Waals surface area contributed by atoms with Crippen molar-refractivity contribution in [3.05, 3.63) is 28.1 Å². The Kier molecular flexibility index (Phi) is 5.91. The molecule has 0 aliphatic rings. The highest BCUT2D eigenvalue weighted by atomic mass is 32.1. The second-order valence-electron chi connectivity index (χ2n) is 5.61. The number of esters is 1. The van der Waals surface area contributed by atoms with E-state index < -0.39 is 23.7 Å². The molecule has 0 radical (unpaired) electrons. The second-order valence-corrected chi connectivity index (χ2v) is 6.56. The first-order valence-corrected chi connectivity index (χ1v) is 8.28. The van der Waals surface area contributed by atoms with Gasteiger partial charge in [-0.25, -0.2) is 14.2 Å². The number of carbonyl (C=O) groups is 2. The number of hydrogen-bond acceptors (Lipinski definition) is 7. The predicted molar refractivity (Wildman–Crippen MR) is 87.5 cm³/mol. The van der Waals surface area contributed by atoms with Gasteiger partial charge in [0.05, 0.1) is 12.0 Å². The van der Waals surface area contributed by atoms with Crippen LogP contribution in [0.3, 0.4) is 0 Å². The Morgan fingerprint density at radius 3 is 2.79 bits per heavy atom. The fourth-order valence-electron chi connectivity index (χ4n) is 2.20. The quantitative estimate of drug-likeness (QED) is 0.752. The molecule has 8 nitrogen and oxygen atoms in total. The van der Waals surface area contributed by atoms with Crippen LogP contribution in [0.1, 0.15) is 20.3 Å². The summed E-state index contributed by atoms with van der Waals surface area (Å²) < 4.78 is 10.5. The van der Waals surface area contributed by atoms with Crippen molar-refractivity contribution in [3.63, 3.8) is 0 Å². The van der Waals surface area contributed by atoms with E-state index in [0.29, 0.717) is 11.3 Å². The Labute approximate surface area is 142 Å². The first-order valence-electron chi connectivity index (χ1n) is 7.40. The summed E-state index contributed by atoms with van der Waals surface area (Å²) in [6.45, 7) is 3.57. The third-order valence-corrected chi connectivity index (χ3v) is 4.12. The van der Waals surface area contributed by atoms with Gasteiger partial charge in [-0.15, -0.1) is 11.3 Å². The van der Waals surface area contributed by atoms with Gasteiger partial charge in [-0.1, -0.05) is 25.1 Å². The lowest BCUT2D eigenvalue weighted by atomic mass is 10.0. The van der Waals surface area contributed by atoms with Crippen LogP contribution in [0.4, 0.5) is 0 Å². The molecule has 24 heavy (non-hydrogen) atoms. The molecule has 0 aliphatic heterocycles. The first-order chi connectivity index (χ1) is 11.4. The Morgan fingerprint density at radius 1 is 1.46 bits per heavy atom. The Hall–Kier alpha value is -2.42. The molecule has 130 valence electrons. The van der Waals surface area contributed by atoms with Gasteiger partial charge < -0.3 is 10.1 Å². The van der Waals surface area contributed by atoms with Crippen molar-refractivity contribution in [1.82, 2.24) is 15.0 Å². The summed E-state index contributed by atoms with van der Waals surface area (Å²) in [5.74, 6) is -1.27. The number of carbonyl (C=O) groups excluding carboxylic acids is 2. The maximum Gasteiger partial charge on any atom is 0.442 e. The number of ether oxygens (including phenoxy) is 1. The van der Waals surface area contributed by atoms with Gasteiger partial charge in [0, 0.05) is 0 Å². The minimum Gasteiger partial charge on any atom is -0.467 e. The highest BCUT2D eigenvalue weighted by molar-refractivity contribution is 7.13. The molecular formula is C15H19N3O5S. The lowest BCUT2D eigenvalue weighted by Gasteiger charge is -2.18. The van der Waals surface area contributed by atoms with Crippen molar-refractivity contribution in [2.75, 3.05) is 7.11 Å². The number of thiophene rings is 1. The van der Waals surface area contributed by atoms with Crippen LogP contribution in [-0.4, -0.2) is 34.8 Å². The molecular weight excluding hydrogens is 334 g/mol. The second kappa shape index (κ2) is 7.91. The van der Waals surface area contributed by atoms with Crippen LogP contribution in [-0.2, 0) is 20.9 Å². The van der Waals surface area contributed by atoms with Crippen molar-refractivity contribution < 1.29 is 18.8 Å². The monoisotopic (exact) mass is 353 g/mol. The lowest BCUT2D eigenvalue weighted by Crippen LogP contribution is -2.44. The molecule has 9 heteroatoms. The van der Waals surface area contributed by atoms with Crippen LogP contribution < -0.4 is 11.1 Å². The molecule has 2 aromatic heterocycles. The van der Waals surface area contributed by atoms with Crippen LogP contribution in [0, 0.1) is 5.92 Å². The molecule has 1 atom stereocenters. The number of nitrogens with one attached hydrogen (secondary N) is 1. The van der Waals surface area contributed by atoms with E-state index in [9.17, 15) is 14.4 Å². The van der Waals surface area contributed by atoms with Gasteiger partial charge in [0.1, 0.15) is 12.6 Å². The van der Waals surface area contributed by atoms with Crippen molar-refractivity contribution >= 4 is 23.2 Å². The number of aromatic nitrogens is 2. The van der Waals surface area contributed by atoms with Gasteiger partial charge in [0.15, 0.2) is 5.82 Å². The smallest absolute Gasteiger partial charge is 0.442 e. The average molecular weight is 353 g/mol. The molecule has 0 aromatic carbocycles. The normalized spacial score (nSPS) is 12.2. The minimum absolute atomic E-state index is 0.189. The summed E-state index contributed by atoms with van der Waals surface area (Å²) in [6, 6.07) is 2.81. The van der Waals surface area contributed by atoms with Gasteiger partial charge in [0.2, 0.25) is 5.91 Å². The van der Waals surface area contributed by atoms with E-state index in [1.807, 2.05) is 19.2 Å². The molecule has 2 aromatic rings. The van der Waals surface area contributed by atoms with E-state index in [-0.39, 0.29) is 18.3 Å². The number of methoxy groups -OCH3 is 1. The molecule has 1 unspecified atom stereocenters. The zero-order chi connectivity index (χ0) is 17.7. The Bertz CT molecular complexity index is 748. The molecule has 0 fully saturated rings.